The Morgan fingerprint density at radius 2 is 1.12 bits per heavy atom. The Kier molecular flexibility index (Phi) is 33.2. The monoisotopic (exact) mass is 758 g/mol. The number of ether oxygens (including phenoxy) is 2. The average Bonchev–Trinajstić information content (AvgIpc) is 3.10. The largest absolute Gasteiger partial charge is 0.472 e. The summed E-state index contributed by atoms with van der Waals surface area (Å²) in [5.74, 6) is -0.265. The molecular formula is C40H71O11P. The standard InChI is InChI=1S/C40H71O11P/c1-35(2)27-23-19-15-13-14-18-22-26-30-40(45)51-38(34-50-52(46,47)49-32-37(43)31-41)33-48-39(44)29-25-21-17-12-10-8-6-4-5-7-9-11-16-20-24-28-36(3)42/h5-8,11-12,16-17,35-38,41-43H,4,9-10,13-15,18-34H2,1-3H3,(H,46,47)/b7-5-,8-6-,16-11-,17-12-/t36-,37+,38-/m1/s1. The number of rotatable bonds is 35. The molecule has 0 saturated heterocycles. The van der Waals surface area contributed by atoms with Gasteiger partial charge in [0.15, 0.2) is 6.10 Å². The van der Waals surface area contributed by atoms with Crippen LogP contribution < -0.4 is 0 Å². The third-order valence-electron chi connectivity index (χ3n) is 7.93. The summed E-state index contributed by atoms with van der Waals surface area (Å²) in [6.45, 7) is 4.10. The minimum Gasteiger partial charge on any atom is -0.462 e. The fourth-order valence-electron chi connectivity index (χ4n) is 4.89. The van der Waals surface area contributed by atoms with Crippen molar-refractivity contribution < 1.29 is 52.9 Å². The molecule has 0 aromatic heterocycles. The van der Waals surface area contributed by atoms with Crippen LogP contribution in [0.25, 0.3) is 0 Å². The SMILES string of the molecule is CC(C)CCCCCCCCCCC(=O)O[C@H](COC(=O)CCC/C=C\C/C=C\C/C=C\C/C=C\CCC[C@@H](C)O)COP(=O)(O)OC[C@@H](O)CO. The van der Waals surface area contributed by atoms with Gasteiger partial charge in [0.25, 0.3) is 0 Å². The van der Waals surface area contributed by atoms with Crippen molar-refractivity contribution in [2.75, 3.05) is 26.4 Å². The van der Waals surface area contributed by atoms with Crippen LogP contribution in [0.15, 0.2) is 48.6 Å². The van der Waals surface area contributed by atoms with Crippen molar-refractivity contribution in [2.24, 2.45) is 5.92 Å². The lowest BCUT2D eigenvalue weighted by Crippen LogP contribution is -2.29. The van der Waals surface area contributed by atoms with Gasteiger partial charge in [-0.15, -0.1) is 0 Å². The van der Waals surface area contributed by atoms with E-state index >= 15 is 0 Å². The lowest BCUT2D eigenvalue weighted by atomic mass is 10.0. The Balaban J connectivity index is 4.44. The Morgan fingerprint density at radius 1 is 0.615 bits per heavy atom. The molecule has 0 radical (unpaired) electrons. The fraction of sp³-hybridized carbons (Fsp3) is 0.750. The van der Waals surface area contributed by atoms with Gasteiger partial charge >= 0.3 is 19.8 Å². The molecule has 52 heavy (non-hydrogen) atoms. The number of carbonyl (C=O) groups is 2. The van der Waals surface area contributed by atoms with E-state index in [1.807, 2.05) is 19.1 Å². The van der Waals surface area contributed by atoms with Crippen molar-refractivity contribution in [3.63, 3.8) is 0 Å². The van der Waals surface area contributed by atoms with E-state index in [4.69, 9.17) is 19.1 Å². The van der Waals surface area contributed by atoms with Crippen molar-refractivity contribution in [2.45, 2.75) is 161 Å². The summed E-state index contributed by atoms with van der Waals surface area (Å²) in [5, 5.41) is 27.5. The van der Waals surface area contributed by atoms with Gasteiger partial charge in [-0.2, -0.15) is 0 Å². The summed E-state index contributed by atoms with van der Waals surface area (Å²) in [6.07, 6.45) is 31.0. The van der Waals surface area contributed by atoms with Crippen LogP contribution >= 0.6 is 7.82 Å². The minimum absolute atomic E-state index is 0.153. The predicted molar refractivity (Wildman–Crippen MR) is 206 cm³/mol. The van der Waals surface area contributed by atoms with Gasteiger partial charge in [-0.3, -0.25) is 18.6 Å². The minimum atomic E-state index is -4.63. The van der Waals surface area contributed by atoms with Gasteiger partial charge in [0.2, 0.25) is 0 Å². The van der Waals surface area contributed by atoms with Gasteiger partial charge in [0, 0.05) is 12.8 Å². The zero-order valence-electron chi connectivity index (χ0n) is 32.3. The first-order chi connectivity index (χ1) is 24.9. The number of esters is 2. The number of hydrogen-bond acceptors (Lipinski definition) is 10. The molecule has 11 nitrogen and oxygen atoms in total. The molecular weight excluding hydrogens is 687 g/mol. The molecule has 302 valence electrons. The molecule has 0 amide bonds. The summed E-state index contributed by atoms with van der Waals surface area (Å²) < 4.78 is 32.5. The van der Waals surface area contributed by atoms with Crippen molar-refractivity contribution in [3.05, 3.63) is 48.6 Å². The number of carbonyl (C=O) groups excluding carboxylic acids is 2. The zero-order valence-corrected chi connectivity index (χ0v) is 33.2. The maximum atomic E-state index is 12.5. The smallest absolute Gasteiger partial charge is 0.462 e. The maximum absolute atomic E-state index is 12.5. The van der Waals surface area contributed by atoms with Gasteiger partial charge in [0.1, 0.15) is 12.7 Å². The number of aliphatic hydroxyl groups is 3. The number of allylic oxidation sites excluding steroid dienone is 8. The summed E-state index contributed by atoms with van der Waals surface area (Å²) in [7, 11) is -4.63. The third kappa shape index (κ3) is 36.3. The van der Waals surface area contributed by atoms with E-state index < -0.39 is 51.8 Å². The van der Waals surface area contributed by atoms with Crippen LogP contribution in [0.4, 0.5) is 0 Å². The molecule has 0 fully saturated rings. The van der Waals surface area contributed by atoms with Crippen molar-refractivity contribution in [3.8, 4) is 0 Å². The van der Waals surface area contributed by atoms with Crippen molar-refractivity contribution in [1.82, 2.24) is 0 Å². The Morgan fingerprint density at radius 3 is 1.67 bits per heavy atom. The van der Waals surface area contributed by atoms with E-state index in [0.29, 0.717) is 19.3 Å². The van der Waals surface area contributed by atoms with Crippen LogP contribution in [0.1, 0.15) is 143 Å². The summed E-state index contributed by atoms with van der Waals surface area (Å²) in [5.41, 5.74) is 0. The molecule has 0 aliphatic rings. The number of aliphatic hydroxyl groups excluding tert-OH is 3. The van der Waals surface area contributed by atoms with Gasteiger partial charge in [-0.25, -0.2) is 4.57 Å². The topological polar surface area (TPSA) is 169 Å². The highest BCUT2D eigenvalue weighted by atomic mass is 31.2. The van der Waals surface area contributed by atoms with E-state index in [0.717, 1.165) is 63.7 Å². The first kappa shape index (κ1) is 49.9. The van der Waals surface area contributed by atoms with Crippen LogP contribution in [-0.4, -0.2) is 76.9 Å². The average molecular weight is 759 g/mol. The van der Waals surface area contributed by atoms with Gasteiger partial charge in [-0.1, -0.05) is 114 Å². The van der Waals surface area contributed by atoms with Gasteiger partial charge in [0.05, 0.1) is 25.9 Å². The van der Waals surface area contributed by atoms with Crippen LogP contribution in [-0.2, 0) is 32.7 Å². The molecule has 0 aromatic rings. The second-order valence-electron chi connectivity index (χ2n) is 13.7. The van der Waals surface area contributed by atoms with Crippen LogP contribution in [0.3, 0.4) is 0 Å². The van der Waals surface area contributed by atoms with E-state index in [9.17, 15) is 29.3 Å². The van der Waals surface area contributed by atoms with Crippen molar-refractivity contribution in [1.29, 1.82) is 0 Å². The normalized spacial score (nSPS) is 15.2. The highest BCUT2D eigenvalue weighted by Gasteiger charge is 2.27. The molecule has 0 spiro atoms. The summed E-state index contributed by atoms with van der Waals surface area (Å²) in [6, 6.07) is 0. The van der Waals surface area contributed by atoms with E-state index in [1.54, 1.807) is 0 Å². The Bertz CT molecular complexity index is 1040. The lowest BCUT2D eigenvalue weighted by Gasteiger charge is -2.20. The highest BCUT2D eigenvalue weighted by molar-refractivity contribution is 7.47. The van der Waals surface area contributed by atoms with Crippen LogP contribution in [0.5, 0.6) is 0 Å². The number of unbranched alkanes of at least 4 members (excludes halogenated alkanes) is 9. The molecule has 0 aliphatic carbocycles. The first-order valence-corrected chi connectivity index (χ1v) is 21.0. The third-order valence-corrected chi connectivity index (χ3v) is 8.88. The predicted octanol–water partition coefficient (Wildman–Crippen LogP) is 8.60. The number of phosphoric ester groups is 1. The number of phosphoric acid groups is 1. The molecule has 4 N–H and O–H groups in total. The highest BCUT2D eigenvalue weighted by Crippen LogP contribution is 2.43. The van der Waals surface area contributed by atoms with E-state index in [2.05, 4.69) is 54.8 Å². The molecule has 4 atom stereocenters. The molecule has 0 saturated carbocycles. The second kappa shape index (κ2) is 34.6. The first-order valence-electron chi connectivity index (χ1n) is 19.5. The van der Waals surface area contributed by atoms with Crippen molar-refractivity contribution >= 4 is 19.8 Å². The zero-order chi connectivity index (χ0) is 38.7. The Hall–Kier alpha value is -2.11. The van der Waals surface area contributed by atoms with E-state index in [1.165, 1.54) is 32.1 Å². The molecule has 1 unspecified atom stereocenters. The van der Waals surface area contributed by atoms with Gasteiger partial charge < -0.3 is 29.7 Å². The summed E-state index contributed by atoms with van der Waals surface area (Å²) >= 11 is 0. The molecule has 0 rings (SSSR count). The molecule has 0 aliphatic heterocycles. The lowest BCUT2D eigenvalue weighted by molar-refractivity contribution is -0.161. The maximum Gasteiger partial charge on any atom is 0.472 e. The second-order valence-corrected chi connectivity index (χ2v) is 15.2. The quantitative estimate of drug-likeness (QED) is 0.0211. The summed E-state index contributed by atoms with van der Waals surface area (Å²) in [4.78, 5) is 34.8. The number of hydrogen-bond donors (Lipinski definition) is 4. The van der Waals surface area contributed by atoms with Gasteiger partial charge in [-0.05, 0) is 70.6 Å². The van der Waals surface area contributed by atoms with Crippen LogP contribution in [0.2, 0.25) is 0 Å². The molecule has 0 bridgehead atoms. The van der Waals surface area contributed by atoms with Crippen LogP contribution in [0, 0.1) is 5.92 Å². The molecule has 12 heteroatoms. The molecule has 0 heterocycles. The fourth-order valence-corrected chi connectivity index (χ4v) is 5.68. The molecule has 0 aromatic carbocycles. The Labute approximate surface area is 314 Å². The van der Waals surface area contributed by atoms with E-state index in [-0.39, 0.29) is 25.6 Å².